The summed E-state index contributed by atoms with van der Waals surface area (Å²) in [5.74, 6) is 1.53. The summed E-state index contributed by atoms with van der Waals surface area (Å²) in [6.45, 7) is 3.49. The van der Waals surface area contributed by atoms with Gasteiger partial charge in [0, 0.05) is 55.0 Å². The Kier molecular flexibility index (Phi) is 7.85. The van der Waals surface area contributed by atoms with E-state index in [-0.39, 0.29) is 5.91 Å². The number of carbonyl (C=O) groups excluding carboxylic acids is 1. The Morgan fingerprint density at radius 3 is 2.50 bits per heavy atom. The summed E-state index contributed by atoms with van der Waals surface area (Å²) in [4.78, 5) is 28.5. The second-order valence-corrected chi connectivity index (χ2v) is 9.33. The van der Waals surface area contributed by atoms with E-state index in [1.807, 2.05) is 54.6 Å². The minimum atomic E-state index is -0.105. The molecule has 8 heteroatoms. The van der Waals surface area contributed by atoms with Gasteiger partial charge < -0.3 is 15.0 Å². The Morgan fingerprint density at radius 2 is 1.75 bits per heavy atom. The number of hydrogen-bond acceptors (Lipinski definition) is 7. The van der Waals surface area contributed by atoms with Crippen molar-refractivity contribution in [3.05, 3.63) is 102 Å². The molecule has 0 aliphatic carbocycles. The van der Waals surface area contributed by atoms with Gasteiger partial charge in [-0.05, 0) is 29.3 Å². The van der Waals surface area contributed by atoms with Crippen molar-refractivity contribution in [2.45, 2.75) is 17.5 Å². The van der Waals surface area contributed by atoms with Crippen LogP contribution in [-0.4, -0.2) is 47.2 Å². The van der Waals surface area contributed by atoms with Crippen LogP contribution in [0.3, 0.4) is 0 Å². The molecule has 3 heterocycles. The predicted molar refractivity (Wildman–Crippen MR) is 142 cm³/mol. The van der Waals surface area contributed by atoms with Crippen molar-refractivity contribution in [2.24, 2.45) is 0 Å². The Balaban J connectivity index is 1.26. The molecule has 1 amide bonds. The smallest absolute Gasteiger partial charge is 0.251 e. The molecule has 5 rings (SSSR count). The fourth-order valence-electron chi connectivity index (χ4n) is 3.88. The average Bonchev–Trinajstić information content (AvgIpc) is 2.96. The van der Waals surface area contributed by atoms with Gasteiger partial charge in [0.15, 0.2) is 5.16 Å². The minimum Gasteiger partial charge on any atom is -0.378 e. The first-order chi connectivity index (χ1) is 17.7. The molecule has 2 aromatic carbocycles. The molecule has 7 nitrogen and oxygen atoms in total. The van der Waals surface area contributed by atoms with Crippen LogP contribution >= 0.6 is 11.8 Å². The van der Waals surface area contributed by atoms with E-state index in [1.165, 1.54) is 0 Å². The van der Waals surface area contributed by atoms with Crippen LogP contribution < -0.4 is 10.2 Å². The second-order valence-electron chi connectivity index (χ2n) is 8.39. The molecule has 1 fully saturated rings. The van der Waals surface area contributed by atoms with E-state index in [9.17, 15) is 4.79 Å². The summed E-state index contributed by atoms with van der Waals surface area (Å²) in [5.41, 5.74) is 4.68. The predicted octanol–water partition coefficient (Wildman–Crippen LogP) is 4.60. The van der Waals surface area contributed by atoms with Crippen molar-refractivity contribution in [3.8, 4) is 11.3 Å². The van der Waals surface area contributed by atoms with E-state index in [0.717, 1.165) is 46.4 Å². The summed E-state index contributed by atoms with van der Waals surface area (Å²) < 4.78 is 5.51. The summed E-state index contributed by atoms with van der Waals surface area (Å²) >= 11 is 1.59. The van der Waals surface area contributed by atoms with Crippen LogP contribution in [0.5, 0.6) is 0 Å². The zero-order valence-corrected chi connectivity index (χ0v) is 20.7. The largest absolute Gasteiger partial charge is 0.378 e. The molecule has 1 aliphatic heterocycles. The number of pyridine rings is 1. The summed E-state index contributed by atoms with van der Waals surface area (Å²) in [5, 5.41) is 3.67. The number of carbonyl (C=O) groups is 1. The van der Waals surface area contributed by atoms with Gasteiger partial charge in [0.2, 0.25) is 0 Å². The van der Waals surface area contributed by atoms with Gasteiger partial charge in [0.25, 0.3) is 5.91 Å². The van der Waals surface area contributed by atoms with E-state index in [4.69, 9.17) is 14.7 Å². The SMILES string of the molecule is O=C(NCc1cccnc1)c1ccc(CSc2nc(-c3ccccc3)cc(N3CCOCC3)n2)cc1. The van der Waals surface area contributed by atoms with E-state index in [0.29, 0.717) is 31.1 Å². The average molecular weight is 498 g/mol. The molecule has 182 valence electrons. The van der Waals surface area contributed by atoms with Gasteiger partial charge in [-0.1, -0.05) is 60.3 Å². The maximum atomic E-state index is 12.5. The lowest BCUT2D eigenvalue weighted by atomic mass is 10.1. The molecule has 2 aromatic heterocycles. The van der Waals surface area contributed by atoms with Gasteiger partial charge in [-0.3, -0.25) is 9.78 Å². The van der Waals surface area contributed by atoms with Crippen LogP contribution in [0, 0.1) is 0 Å². The number of nitrogens with zero attached hydrogens (tertiary/aromatic N) is 4. The number of nitrogens with one attached hydrogen (secondary N) is 1. The molecular formula is C28H27N5O2S. The fourth-order valence-corrected chi connectivity index (χ4v) is 4.69. The number of benzene rings is 2. The van der Waals surface area contributed by atoms with Crippen LogP contribution in [0.1, 0.15) is 21.5 Å². The molecule has 0 bridgehead atoms. The van der Waals surface area contributed by atoms with E-state index in [1.54, 1.807) is 24.2 Å². The minimum absolute atomic E-state index is 0.105. The first kappa shape index (κ1) is 24.0. The third kappa shape index (κ3) is 6.27. The van der Waals surface area contributed by atoms with Crippen molar-refractivity contribution >= 4 is 23.5 Å². The van der Waals surface area contributed by atoms with Crippen molar-refractivity contribution in [3.63, 3.8) is 0 Å². The number of hydrogen-bond donors (Lipinski definition) is 1. The number of morpholine rings is 1. The number of anilines is 1. The van der Waals surface area contributed by atoms with Crippen LogP contribution in [0.25, 0.3) is 11.3 Å². The maximum absolute atomic E-state index is 12.5. The number of rotatable bonds is 8. The van der Waals surface area contributed by atoms with Crippen molar-refractivity contribution in [1.29, 1.82) is 0 Å². The van der Waals surface area contributed by atoms with E-state index in [2.05, 4.69) is 33.4 Å². The number of thioether (sulfide) groups is 1. The van der Waals surface area contributed by atoms with Crippen molar-refractivity contribution < 1.29 is 9.53 Å². The molecule has 0 atom stereocenters. The van der Waals surface area contributed by atoms with Gasteiger partial charge in [0.05, 0.1) is 18.9 Å². The molecule has 0 radical (unpaired) electrons. The normalized spacial score (nSPS) is 13.4. The Morgan fingerprint density at radius 1 is 0.944 bits per heavy atom. The standard InChI is InChI=1S/C28H27N5O2S/c34-27(30-19-22-5-4-12-29-18-22)24-10-8-21(9-11-24)20-36-28-31-25(23-6-2-1-3-7-23)17-26(32-28)33-13-15-35-16-14-33/h1-12,17-18H,13-16,19-20H2,(H,30,34). The van der Waals surface area contributed by atoms with Gasteiger partial charge >= 0.3 is 0 Å². The summed E-state index contributed by atoms with van der Waals surface area (Å²) in [6, 6.07) is 23.7. The molecule has 1 saturated heterocycles. The van der Waals surface area contributed by atoms with Gasteiger partial charge in [0.1, 0.15) is 5.82 Å². The van der Waals surface area contributed by atoms with Crippen LogP contribution in [0.4, 0.5) is 5.82 Å². The topological polar surface area (TPSA) is 80.2 Å². The third-order valence-corrected chi connectivity index (χ3v) is 6.78. The Labute approximate surface area is 215 Å². The van der Waals surface area contributed by atoms with E-state index < -0.39 is 0 Å². The third-order valence-electron chi connectivity index (χ3n) is 5.86. The van der Waals surface area contributed by atoms with E-state index >= 15 is 0 Å². The van der Waals surface area contributed by atoms with Gasteiger partial charge in [-0.25, -0.2) is 9.97 Å². The molecular weight excluding hydrogens is 470 g/mol. The van der Waals surface area contributed by atoms with Crippen LogP contribution in [0.2, 0.25) is 0 Å². The first-order valence-electron chi connectivity index (χ1n) is 11.9. The summed E-state index contributed by atoms with van der Waals surface area (Å²) in [6.07, 6.45) is 3.47. The summed E-state index contributed by atoms with van der Waals surface area (Å²) in [7, 11) is 0. The van der Waals surface area contributed by atoms with Gasteiger partial charge in [-0.15, -0.1) is 0 Å². The van der Waals surface area contributed by atoms with Gasteiger partial charge in [-0.2, -0.15) is 0 Å². The highest BCUT2D eigenvalue weighted by Gasteiger charge is 2.16. The molecule has 1 N–H and O–H groups in total. The van der Waals surface area contributed by atoms with Crippen LogP contribution in [-0.2, 0) is 17.0 Å². The molecule has 4 aromatic rings. The molecule has 36 heavy (non-hydrogen) atoms. The highest BCUT2D eigenvalue weighted by atomic mass is 32.2. The Hall–Kier alpha value is -3.75. The molecule has 0 unspecified atom stereocenters. The lowest BCUT2D eigenvalue weighted by molar-refractivity contribution is 0.0951. The first-order valence-corrected chi connectivity index (χ1v) is 12.9. The quantitative estimate of drug-likeness (QED) is 0.282. The second kappa shape index (κ2) is 11.8. The van der Waals surface area contributed by atoms with Crippen molar-refractivity contribution in [2.75, 3.05) is 31.2 Å². The number of amides is 1. The zero-order valence-electron chi connectivity index (χ0n) is 19.8. The Bertz CT molecular complexity index is 1280. The van der Waals surface area contributed by atoms with Crippen molar-refractivity contribution in [1.82, 2.24) is 20.3 Å². The molecule has 0 spiro atoms. The lowest BCUT2D eigenvalue weighted by Gasteiger charge is -2.28. The maximum Gasteiger partial charge on any atom is 0.251 e. The monoisotopic (exact) mass is 497 g/mol. The number of ether oxygens (including phenoxy) is 1. The fraction of sp³-hybridized carbons (Fsp3) is 0.214. The zero-order chi connectivity index (χ0) is 24.6. The molecule has 0 saturated carbocycles. The highest BCUT2D eigenvalue weighted by Crippen LogP contribution is 2.28. The lowest BCUT2D eigenvalue weighted by Crippen LogP contribution is -2.36. The molecule has 1 aliphatic rings. The number of aromatic nitrogens is 3. The highest BCUT2D eigenvalue weighted by molar-refractivity contribution is 7.98. The van der Waals surface area contributed by atoms with Crippen LogP contribution in [0.15, 0.2) is 90.3 Å².